The number of carbonyl (C=O) groups is 1. The average molecular weight is 471 g/mol. The van der Waals surface area contributed by atoms with E-state index in [4.69, 9.17) is 4.74 Å². The molecule has 8 heteroatoms. The van der Waals surface area contributed by atoms with Crippen LogP contribution in [-0.4, -0.2) is 22.4 Å². The Balaban J connectivity index is 1.98. The highest BCUT2D eigenvalue weighted by molar-refractivity contribution is 5.94. The van der Waals surface area contributed by atoms with Crippen LogP contribution in [0.1, 0.15) is 37.3 Å². The van der Waals surface area contributed by atoms with E-state index in [0.29, 0.717) is 12.0 Å². The van der Waals surface area contributed by atoms with Gasteiger partial charge in [0.25, 0.3) is 0 Å². The summed E-state index contributed by atoms with van der Waals surface area (Å²) in [6.45, 7) is 5.84. The number of ether oxygens (including phenoxy) is 1. The van der Waals surface area contributed by atoms with Gasteiger partial charge in [0, 0.05) is 18.6 Å². The van der Waals surface area contributed by atoms with Crippen molar-refractivity contribution in [2.75, 3.05) is 11.5 Å². The van der Waals surface area contributed by atoms with Crippen LogP contribution in [-0.2, 0) is 11.3 Å². The Morgan fingerprint density at radius 3 is 2.60 bits per heavy atom. The van der Waals surface area contributed by atoms with Gasteiger partial charge in [0.05, 0.1) is 23.1 Å². The largest absolute Gasteiger partial charge is 0.473 e. The summed E-state index contributed by atoms with van der Waals surface area (Å²) in [5.41, 5.74) is 2.72. The number of nitriles is 1. The number of unbranched alkanes of at least 4 members (excludes halogenated alkanes) is 1. The molecule has 0 aliphatic heterocycles. The lowest BCUT2D eigenvalue weighted by molar-refractivity contribution is -0.384. The minimum absolute atomic E-state index is 0.0587. The standard InChI is InChI=1S/C27H26N4O4/c1-3-5-10-26(32)30(27-24(31(33)34)15-16-25(29-27)35-17-4-2)19-20-11-13-21(14-12-20)23-9-7-6-8-22(23)18-28/h4,6-9,11-16H,2-3,5,10,17,19H2,1H3. The molecule has 0 aliphatic rings. The van der Waals surface area contributed by atoms with Gasteiger partial charge >= 0.3 is 5.69 Å². The molecule has 1 amide bonds. The number of nitro groups is 1. The molecule has 0 saturated carbocycles. The van der Waals surface area contributed by atoms with Crippen molar-refractivity contribution in [1.29, 1.82) is 5.26 Å². The smallest absolute Gasteiger partial charge is 0.312 e. The SMILES string of the molecule is C=CCOc1ccc([N+](=O)[O-])c(N(Cc2ccc(-c3ccccc3C#N)cc2)C(=O)CCCC)n1. The van der Waals surface area contributed by atoms with Gasteiger partial charge in [-0.1, -0.05) is 68.5 Å². The summed E-state index contributed by atoms with van der Waals surface area (Å²) in [5.74, 6) is -0.152. The molecule has 3 aromatic rings. The second-order valence-electron chi connectivity index (χ2n) is 7.79. The number of rotatable bonds is 11. The summed E-state index contributed by atoms with van der Waals surface area (Å²) in [7, 11) is 0. The first-order chi connectivity index (χ1) is 17.0. The maximum absolute atomic E-state index is 13.1. The molecule has 0 radical (unpaired) electrons. The summed E-state index contributed by atoms with van der Waals surface area (Å²) in [4.78, 5) is 30.0. The molecular formula is C27H26N4O4. The Kier molecular flexibility index (Phi) is 8.68. The van der Waals surface area contributed by atoms with Crippen LogP contribution < -0.4 is 9.64 Å². The third-order valence-corrected chi connectivity index (χ3v) is 5.33. The highest BCUT2D eigenvalue weighted by Crippen LogP contribution is 2.31. The van der Waals surface area contributed by atoms with Gasteiger partial charge in [0.1, 0.15) is 6.61 Å². The molecule has 2 aromatic carbocycles. The summed E-state index contributed by atoms with van der Waals surface area (Å²) >= 11 is 0. The van der Waals surface area contributed by atoms with Crippen LogP contribution in [0.25, 0.3) is 11.1 Å². The molecule has 0 N–H and O–H groups in total. The fraction of sp³-hybridized carbons (Fsp3) is 0.222. The third kappa shape index (κ3) is 6.30. The summed E-state index contributed by atoms with van der Waals surface area (Å²) in [6, 6.07) is 19.6. The van der Waals surface area contributed by atoms with Crippen LogP contribution in [0.15, 0.2) is 73.3 Å². The Morgan fingerprint density at radius 1 is 1.20 bits per heavy atom. The molecule has 1 aromatic heterocycles. The quantitative estimate of drug-likeness (QED) is 0.198. The van der Waals surface area contributed by atoms with Gasteiger partial charge in [-0.15, -0.1) is 0 Å². The van der Waals surface area contributed by atoms with Crippen LogP contribution in [0, 0.1) is 21.4 Å². The van der Waals surface area contributed by atoms with Crippen molar-refractivity contribution in [2.45, 2.75) is 32.7 Å². The Bertz CT molecular complexity index is 1250. The van der Waals surface area contributed by atoms with Crippen molar-refractivity contribution in [3.63, 3.8) is 0 Å². The van der Waals surface area contributed by atoms with Crippen LogP contribution in [0.5, 0.6) is 5.88 Å². The van der Waals surface area contributed by atoms with E-state index in [0.717, 1.165) is 23.1 Å². The molecule has 0 spiro atoms. The van der Waals surface area contributed by atoms with E-state index in [1.165, 1.54) is 17.0 Å². The van der Waals surface area contributed by atoms with Gasteiger partial charge in [-0.25, -0.2) is 0 Å². The van der Waals surface area contributed by atoms with E-state index in [1.807, 2.05) is 49.4 Å². The van der Waals surface area contributed by atoms with Crippen molar-refractivity contribution in [3.8, 4) is 23.1 Å². The number of hydrogen-bond donors (Lipinski definition) is 0. The van der Waals surface area contributed by atoms with Gasteiger partial charge in [0.2, 0.25) is 17.6 Å². The number of benzene rings is 2. The molecule has 3 rings (SSSR count). The van der Waals surface area contributed by atoms with Crippen molar-refractivity contribution in [1.82, 2.24) is 4.98 Å². The molecule has 0 saturated heterocycles. The average Bonchev–Trinajstić information content (AvgIpc) is 2.89. The highest BCUT2D eigenvalue weighted by atomic mass is 16.6. The monoisotopic (exact) mass is 470 g/mol. The zero-order chi connectivity index (χ0) is 25.2. The zero-order valence-electron chi connectivity index (χ0n) is 19.5. The number of hydrogen-bond acceptors (Lipinski definition) is 6. The van der Waals surface area contributed by atoms with Crippen LogP contribution in [0.4, 0.5) is 11.5 Å². The first-order valence-corrected chi connectivity index (χ1v) is 11.3. The van der Waals surface area contributed by atoms with E-state index in [-0.39, 0.29) is 42.9 Å². The normalized spacial score (nSPS) is 10.3. The first kappa shape index (κ1) is 25.1. The van der Waals surface area contributed by atoms with Gasteiger partial charge in [0.15, 0.2) is 0 Å². The fourth-order valence-corrected chi connectivity index (χ4v) is 3.54. The predicted octanol–water partition coefficient (Wildman–Crippen LogP) is 5.82. The van der Waals surface area contributed by atoms with E-state index in [9.17, 15) is 20.2 Å². The van der Waals surface area contributed by atoms with Crippen LogP contribution >= 0.6 is 0 Å². The minimum atomic E-state index is -0.554. The fourth-order valence-electron chi connectivity index (χ4n) is 3.54. The Hall–Kier alpha value is -4.51. The number of anilines is 1. The molecular weight excluding hydrogens is 444 g/mol. The number of amides is 1. The van der Waals surface area contributed by atoms with Crippen molar-refractivity contribution < 1.29 is 14.5 Å². The molecule has 1 heterocycles. The molecule has 35 heavy (non-hydrogen) atoms. The number of aromatic nitrogens is 1. The number of pyridine rings is 1. The van der Waals surface area contributed by atoms with E-state index >= 15 is 0 Å². The highest BCUT2D eigenvalue weighted by Gasteiger charge is 2.27. The topological polar surface area (TPSA) is 109 Å². The van der Waals surface area contributed by atoms with Crippen molar-refractivity contribution in [2.24, 2.45) is 0 Å². The molecule has 178 valence electrons. The first-order valence-electron chi connectivity index (χ1n) is 11.3. The lowest BCUT2D eigenvalue weighted by atomic mass is 9.99. The summed E-state index contributed by atoms with van der Waals surface area (Å²) in [5, 5.41) is 21.1. The summed E-state index contributed by atoms with van der Waals surface area (Å²) in [6.07, 6.45) is 3.24. The lowest BCUT2D eigenvalue weighted by Gasteiger charge is -2.22. The van der Waals surface area contributed by atoms with Gasteiger partial charge < -0.3 is 4.74 Å². The molecule has 0 aliphatic carbocycles. The van der Waals surface area contributed by atoms with Crippen molar-refractivity contribution in [3.05, 3.63) is 94.6 Å². The number of nitrogens with zero attached hydrogens (tertiary/aromatic N) is 4. The minimum Gasteiger partial charge on any atom is -0.473 e. The Labute approximate surface area is 204 Å². The van der Waals surface area contributed by atoms with Gasteiger partial charge in [-0.05, 0) is 29.2 Å². The second-order valence-corrected chi connectivity index (χ2v) is 7.79. The van der Waals surface area contributed by atoms with E-state index in [1.54, 1.807) is 12.1 Å². The van der Waals surface area contributed by atoms with E-state index < -0.39 is 4.92 Å². The van der Waals surface area contributed by atoms with Crippen LogP contribution in [0.2, 0.25) is 0 Å². The lowest BCUT2D eigenvalue weighted by Crippen LogP contribution is -2.31. The predicted molar refractivity (Wildman–Crippen MR) is 134 cm³/mol. The Morgan fingerprint density at radius 2 is 1.94 bits per heavy atom. The van der Waals surface area contributed by atoms with Crippen LogP contribution in [0.3, 0.4) is 0 Å². The second kappa shape index (κ2) is 12.1. The summed E-state index contributed by atoms with van der Waals surface area (Å²) < 4.78 is 5.46. The maximum Gasteiger partial charge on any atom is 0.312 e. The van der Waals surface area contributed by atoms with Gasteiger partial charge in [-0.3, -0.25) is 19.8 Å². The zero-order valence-corrected chi connectivity index (χ0v) is 19.5. The molecule has 0 fully saturated rings. The molecule has 0 unspecified atom stereocenters. The van der Waals surface area contributed by atoms with Crippen molar-refractivity contribution >= 4 is 17.4 Å². The number of carbonyl (C=O) groups excluding carboxylic acids is 1. The molecule has 0 atom stereocenters. The van der Waals surface area contributed by atoms with Gasteiger partial charge in [-0.2, -0.15) is 10.2 Å². The molecule has 0 bridgehead atoms. The van der Waals surface area contributed by atoms with E-state index in [2.05, 4.69) is 17.6 Å². The third-order valence-electron chi connectivity index (χ3n) is 5.33. The maximum atomic E-state index is 13.1. The molecule has 8 nitrogen and oxygen atoms in total.